The average Bonchev–Trinajstić information content (AvgIpc) is 2.37. The second-order valence-electron chi connectivity index (χ2n) is 7.37. The first-order valence-electron chi connectivity index (χ1n) is 8.17. The fourth-order valence-corrected chi connectivity index (χ4v) is 2.97. The van der Waals surface area contributed by atoms with E-state index in [1.54, 1.807) is 0 Å². The minimum atomic E-state index is -0.788. The van der Waals surface area contributed by atoms with Gasteiger partial charge in [-0.2, -0.15) is 0 Å². The smallest absolute Gasteiger partial charge is 0.309 e. The molecule has 122 valence electrons. The van der Waals surface area contributed by atoms with Crippen molar-refractivity contribution in [3.05, 3.63) is 0 Å². The van der Waals surface area contributed by atoms with Gasteiger partial charge in [0.05, 0.1) is 11.8 Å². The zero-order valence-electron chi connectivity index (χ0n) is 13.9. The molecule has 2 atom stereocenters. The lowest BCUT2D eigenvalue weighted by atomic mass is 9.81. The van der Waals surface area contributed by atoms with Crippen LogP contribution in [-0.4, -0.2) is 22.6 Å². The molecule has 0 saturated heterocycles. The Morgan fingerprint density at radius 1 is 1.24 bits per heavy atom. The molecule has 1 N–H and O–H groups in total. The quantitative estimate of drug-likeness (QED) is 0.721. The highest BCUT2D eigenvalue weighted by atomic mass is 16.6. The molecular weight excluding hydrogens is 268 g/mol. The van der Waals surface area contributed by atoms with Crippen molar-refractivity contribution in [2.45, 2.75) is 78.2 Å². The summed E-state index contributed by atoms with van der Waals surface area (Å²) < 4.78 is 5.66. The van der Waals surface area contributed by atoms with Crippen LogP contribution in [0.15, 0.2) is 0 Å². The number of ether oxygens (including phenoxy) is 1. The van der Waals surface area contributed by atoms with Crippen molar-refractivity contribution in [1.82, 2.24) is 0 Å². The summed E-state index contributed by atoms with van der Waals surface area (Å²) in [5.41, 5.74) is -0.456. The Morgan fingerprint density at radius 3 is 2.43 bits per heavy atom. The predicted octanol–water partition coefficient (Wildman–Crippen LogP) is 4.03. The molecule has 0 radical (unpaired) electrons. The number of carbonyl (C=O) groups is 2. The zero-order valence-corrected chi connectivity index (χ0v) is 13.9. The highest BCUT2D eigenvalue weighted by Gasteiger charge is 2.34. The van der Waals surface area contributed by atoms with Gasteiger partial charge >= 0.3 is 11.9 Å². The van der Waals surface area contributed by atoms with Crippen LogP contribution in [0.5, 0.6) is 0 Å². The molecule has 0 bridgehead atoms. The Bertz CT molecular complexity index is 360. The molecule has 0 aromatic carbocycles. The Hall–Kier alpha value is -1.06. The van der Waals surface area contributed by atoms with E-state index in [1.807, 2.05) is 13.8 Å². The predicted molar refractivity (Wildman–Crippen MR) is 81.9 cm³/mol. The van der Waals surface area contributed by atoms with Crippen LogP contribution < -0.4 is 0 Å². The van der Waals surface area contributed by atoms with Crippen molar-refractivity contribution in [3.8, 4) is 0 Å². The van der Waals surface area contributed by atoms with E-state index >= 15 is 0 Å². The first-order chi connectivity index (χ1) is 9.71. The summed E-state index contributed by atoms with van der Waals surface area (Å²) >= 11 is 0. The number of hydrogen-bond donors (Lipinski definition) is 1. The molecule has 21 heavy (non-hydrogen) atoms. The molecule has 1 fully saturated rings. The third kappa shape index (κ3) is 6.49. The van der Waals surface area contributed by atoms with Gasteiger partial charge in [0.1, 0.15) is 5.60 Å². The molecule has 0 amide bonds. The third-order valence-electron chi connectivity index (χ3n) is 4.29. The van der Waals surface area contributed by atoms with E-state index in [0.29, 0.717) is 18.8 Å². The van der Waals surface area contributed by atoms with Crippen LogP contribution in [-0.2, 0) is 14.3 Å². The molecule has 0 heterocycles. The van der Waals surface area contributed by atoms with Gasteiger partial charge in [-0.3, -0.25) is 9.59 Å². The van der Waals surface area contributed by atoms with Crippen LogP contribution in [0.4, 0.5) is 0 Å². The summed E-state index contributed by atoms with van der Waals surface area (Å²) in [4.78, 5) is 23.3. The van der Waals surface area contributed by atoms with Crippen LogP contribution in [0.1, 0.15) is 72.6 Å². The molecule has 0 spiro atoms. The number of rotatable bonds is 7. The van der Waals surface area contributed by atoms with Gasteiger partial charge in [0.15, 0.2) is 0 Å². The normalized spacial score (nSPS) is 23.1. The van der Waals surface area contributed by atoms with Crippen LogP contribution in [0, 0.1) is 17.8 Å². The van der Waals surface area contributed by atoms with Crippen LogP contribution in [0.25, 0.3) is 0 Å². The molecule has 1 rings (SSSR count). The van der Waals surface area contributed by atoms with Gasteiger partial charge in [-0.05, 0) is 51.9 Å². The Balaban J connectivity index is 2.45. The largest absolute Gasteiger partial charge is 0.481 e. The molecule has 1 aliphatic rings. The van der Waals surface area contributed by atoms with Crippen molar-refractivity contribution in [2.75, 3.05) is 0 Å². The van der Waals surface area contributed by atoms with Crippen LogP contribution >= 0.6 is 0 Å². The number of hydrogen-bond acceptors (Lipinski definition) is 3. The standard InChI is InChI=1S/C17H30O4/c1-12(2)7-6-10-17(3,4)21-16(20)14-9-5-8-13(11-14)15(18)19/h12-14H,5-11H2,1-4H3,(H,18,19). The van der Waals surface area contributed by atoms with Crippen LogP contribution in [0.2, 0.25) is 0 Å². The summed E-state index contributed by atoms with van der Waals surface area (Å²) in [5.74, 6) is -0.977. The molecule has 1 aliphatic carbocycles. The van der Waals surface area contributed by atoms with Gasteiger partial charge in [0.25, 0.3) is 0 Å². The molecule has 4 nitrogen and oxygen atoms in total. The van der Waals surface area contributed by atoms with Crippen molar-refractivity contribution in [1.29, 1.82) is 0 Å². The van der Waals surface area contributed by atoms with E-state index in [0.717, 1.165) is 32.1 Å². The fourth-order valence-electron chi connectivity index (χ4n) is 2.97. The first kappa shape index (κ1) is 18.0. The summed E-state index contributed by atoms with van der Waals surface area (Å²) in [6.45, 7) is 8.27. The summed E-state index contributed by atoms with van der Waals surface area (Å²) in [5, 5.41) is 9.09. The number of esters is 1. The lowest BCUT2D eigenvalue weighted by Crippen LogP contribution is -2.34. The Labute approximate surface area is 128 Å². The Morgan fingerprint density at radius 2 is 1.86 bits per heavy atom. The first-order valence-corrected chi connectivity index (χ1v) is 8.17. The number of aliphatic carboxylic acids is 1. The van der Waals surface area contributed by atoms with Gasteiger partial charge in [-0.1, -0.05) is 26.7 Å². The zero-order chi connectivity index (χ0) is 16.0. The highest BCUT2D eigenvalue weighted by molar-refractivity contribution is 5.75. The van der Waals surface area contributed by atoms with Gasteiger partial charge in [-0.15, -0.1) is 0 Å². The van der Waals surface area contributed by atoms with E-state index in [-0.39, 0.29) is 17.8 Å². The maximum Gasteiger partial charge on any atom is 0.309 e. The SMILES string of the molecule is CC(C)CCCC(C)(C)OC(=O)C1CCCC(C(=O)O)C1. The highest BCUT2D eigenvalue weighted by Crippen LogP contribution is 2.32. The second kappa shape index (κ2) is 7.81. The molecule has 0 aromatic rings. The summed E-state index contributed by atoms with van der Waals surface area (Å²) in [7, 11) is 0. The van der Waals surface area contributed by atoms with Crippen molar-refractivity contribution in [2.24, 2.45) is 17.8 Å². The van der Waals surface area contributed by atoms with Gasteiger partial charge in [-0.25, -0.2) is 0 Å². The van der Waals surface area contributed by atoms with Crippen molar-refractivity contribution >= 4 is 11.9 Å². The maximum atomic E-state index is 12.3. The molecule has 0 aromatic heterocycles. The van der Waals surface area contributed by atoms with Crippen LogP contribution in [0.3, 0.4) is 0 Å². The van der Waals surface area contributed by atoms with E-state index in [2.05, 4.69) is 13.8 Å². The van der Waals surface area contributed by atoms with Gasteiger partial charge in [0, 0.05) is 0 Å². The van der Waals surface area contributed by atoms with E-state index in [4.69, 9.17) is 9.84 Å². The number of carboxylic acids is 1. The molecule has 4 heteroatoms. The van der Waals surface area contributed by atoms with E-state index in [1.165, 1.54) is 0 Å². The minimum absolute atomic E-state index is 0.213. The molecular formula is C17H30O4. The monoisotopic (exact) mass is 298 g/mol. The topological polar surface area (TPSA) is 63.6 Å². The second-order valence-corrected chi connectivity index (χ2v) is 7.37. The lowest BCUT2D eigenvalue weighted by molar-refractivity contribution is -0.164. The van der Waals surface area contributed by atoms with Gasteiger partial charge in [0.2, 0.25) is 0 Å². The average molecular weight is 298 g/mol. The van der Waals surface area contributed by atoms with Crippen molar-refractivity contribution in [3.63, 3.8) is 0 Å². The summed E-state index contributed by atoms with van der Waals surface area (Å²) in [6.07, 6.45) is 5.68. The third-order valence-corrected chi connectivity index (χ3v) is 4.29. The fraction of sp³-hybridized carbons (Fsp3) is 0.882. The number of carboxylic acid groups (broad SMARTS) is 1. The van der Waals surface area contributed by atoms with Crippen molar-refractivity contribution < 1.29 is 19.4 Å². The maximum absolute atomic E-state index is 12.3. The molecule has 1 saturated carbocycles. The van der Waals surface area contributed by atoms with E-state index < -0.39 is 11.6 Å². The lowest BCUT2D eigenvalue weighted by Gasteiger charge is -2.30. The van der Waals surface area contributed by atoms with Gasteiger partial charge < -0.3 is 9.84 Å². The summed E-state index contributed by atoms with van der Waals surface area (Å²) in [6, 6.07) is 0. The number of carbonyl (C=O) groups excluding carboxylic acids is 1. The van der Waals surface area contributed by atoms with E-state index in [9.17, 15) is 9.59 Å². The molecule has 0 aliphatic heterocycles. The minimum Gasteiger partial charge on any atom is -0.481 e. The Kier molecular flexibility index (Phi) is 6.69. The molecule has 2 unspecified atom stereocenters.